The number of halogens is 3. The molecule has 11 heteroatoms. The van der Waals surface area contributed by atoms with Gasteiger partial charge in [0.25, 0.3) is 11.6 Å². The number of alkyl halides is 3. The zero-order valence-corrected chi connectivity index (χ0v) is 15.6. The number of nitrogens with zero attached hydrogens (tertiary/aromatic N) is 1. The molecule has 2 N–H and O–H groups in total. The summed E-state index contributed by atoms with van der Waals surface area (Å²) < 4.78 is 41.3. The molecule has 8 nitrogen and oxygen atoms in total. The predicted octanol–water partition coefficient (Wildman–Crippen LogP) is 2.62. The Hall–Kier alpha value is -3.63. The fourth-order valence-electron chi connectivity index (χ4n) is 2.43. The highest BCUT2D eigenvalue weighted by molar-refractivity contribution is 5.98. The number of hydrogen-bond donors (Lipinski definition) is 2. The van der Waals surface area contributed by atoms with E-state index in [-0.39, 0.29) is 31.2 Å². The van der Waals surface area contributed by atoms with Crippen molar-refractivity contribution in [2.24, 2.45) is 0 Å². The van der Waals surface area contributed by atoms with Crippen LogP contribution < -0.4 is 15.4 Å². The van der Waals surface area contributed by atoms with E-state index in [2.05, 4.69) is 15.4 Å². The first-order valence-electron chi connectivity index (χ1n) is 8.72. The molecule has 0 aliphatic heterocycles. The van der Waals surface area contributed by atoms with Gasteiger partial charge in [0, 0.05) is 19.2 Å². The molecule has 2 rings (SSSR count). The lowest BCUT2D eigenvalue weighted by Gasteiger charge is -2.11. The van der Waals surface area contributed by atoms with Crippen LogP contribution in [0.25, 0.3) is 0 Å². The molecule has 0 spiro atoms. The molecule has 0 fully saturated rings. The fourth-order valence-corrected chi connectivity index (χ4v) is 2.43. The van der Waals surface area contributed by atoms with Gasteiger partial charge >= 0.3 is 6.18 Å². The first-order chi connectivity index (χ1) is 14.2. The van der Waals surface area contributed by atoms with Crippen molar-refractivity contribution in [2.75, 3.05) is 19.7 Å². The molecular weight excluding hydrogens is 407 g/mol. The number of ether oxygens (including phenoxy) is 1. The number of hydrogen-bond acceptors (Lipinski definition) is 5. The highest BCUT2D eigenvalue weighted by atomic mass is 19.4. The van der Waals surface area contributed by atoms with Gasteiger partial charge < -0.3 is 15.4 Å². The largest absolute Gasteiger partial charge is 0.484 e. The molecular formula is C19H18F3N3O5. The van der Waals surface area contributed by atoms with E-state index in [0.717, 1.165) is 23.8 Å². The second-order valence-corrected chi connectivity index (χ2v) is 6.11. The summed E-state index contributed by atoms with van der Waals surface area (Å²) in [7, 11) is 0. The summed E-state index contributed by atoms with van der Waals surface area (Å²) in [5, 5.41) is 16.1. The molecule has 0 bridgehead atoms. The molecule has 0 atom stereocenters. The van der Waals surface area contributed by atoms with E-state index in [9.17, 15) is 32.9 Å². The van der Waals surface area contributed by atoms with Crippen LogP contribution in [0, 0.1) is 10.1 Å². The summed E-state index contributed by atoms with van der Waals surface area (Å²) in [4.78, 5) is 34.4. The molecule has 0 aliphatic rings. The van der Waals surface area contributed by atoms with E-state index >= 15 is 0 Å². The van der Waals surface area contributed by atoms with E-state index < -0.39 is 34.9 Å². The Bertz CT molecular complexity index is 904. The maximum atomic E-state index is 12.3. The van der Waals surface area contributed by atoms with Crippen molar-refractivity contribution in [3.63, 3.8) is 0 Å². The number of nitro groups is 1. The lowest BCUT2D eigenvalue weighted by Crippen LogP contribution is -2.35. The standard InChI is InChI=1S/C19H18F3N3O5/c20-19(21,22)12-30-14-6-7-16(25(28)29)15(11-14)18(27)24-9-8-23-17(26)10-13-4-2-1-3-5-13/h1-7,11H,8-10,12H2,(H,23,26)(H,24,27). The van der Waals surface area contributed by atoms with Gasteiger partial charge in [-0.2, -0.15) is 13.2 Å². The Kier molecular flexibility index (Phi) is 7.73. The summed E-state index contributed by atoms with van der Waals surface area (Å²) >= 11 is 0. The molecule has 0 aliphatic carbocycles. The average molecular weight is 425 g/mol. The van der Waals surface area contributed by atoms with Gasteiger partial charge in [-0.05, 0) is 17.7 Å². The van der Waals surface area contributed by atoms with Crippen LogP contribution in [0.5, 0.6) is 5.75 Å². The minimum Gasteiger partial charge on any atom is -0.484 e. The van der Waals surface area contributed by atoms with Crippen molar-refractivity contribution in [3.05, 3.63) is 69.8 Å². The molecule has 2 aromatic rings. The van der Waals surface area contributed by atoms with Gasteiger partial charge in [-0.15, -0.1) is 0 Å². The smallest absolute Gasteiger partial charge is 0.422 e. The fraction of sp³-hybridized carbons (Fsp3) is 0.263. The molecule has 30 heavy (non-hydrogen) atoms. The second kappa shape index (κ2) is 10.2. The van der Waals surface area contributed by atoms with E-state index in [0.29, 0.717) is 0 Å². The Balaban J connectivity index is 1.91. The summed E-state index contributed by atoms with van der Waals surface area (Å²) in [6.45, 7) is -1.57. The third-order valence-electron chi connectivity index (χ3n) is 3.75. The zero-order chi connectivity index (χ0) is 22.1. The first kappa shape index (κ1) is 22.7. The number of carbonyl (C=O) groups is 2. The van der Waals surface area contributed by atoms with Gasteiger partial charge in [0.1, 0.15) is 11.3 Å². The minimum atomic E-state index is -4.60. The quantitative estimate of drug-likeness (QED) is 0.365. The van der Waals surface area contributed by atoms with Crippen LogP contribution in [-0.2, 0) is 11.2 Å². The number of nitrogens with one attached hydrogen (secondary N) is 2. The molecule has 0 heterocycles. The Morgan fingerprint density at radius 3 is 2.33 bits per heavy atom. The summed E-state index contributed by atoms with van der Waals surface area (Å²) in [6.07, 6.45) is -4.44. The lowest BCUT2D eigenvalue weighted by molar-refractivity contribution is -0.385. The third-order valence-corrected chi connectivity index (χ3v) is 3.75. The van der Waals surface area contributed by atoms with E-state index in [4.69, 9.17) is 0 Å². The summed E-state index contributed by atoms with van der Waals surface area (Å²) in [6, 6.07) is 11.7. The third kappa shape index (κ3) is 7.41. The van der Waals surface area contributed by atoms with Crippen molar-refractivity contribution in [2.45, 2.75) is 12.6 Å². The summed E-state index contributed by atoms with van der Waals surface area (Å²) in [5.74, 6) is -1.49. The van der Waals surface area contributed by atoms with Crippen molar-refractivity contribution in [3.8, 4) is 5.75 Å². The van der Waals surface area contributed by atoms with E-state index in [1.54, 1.807) is 24.3 Å². The predicted molar refractivity (Wildman–Crippen MR) is 100 cm³/mol. The molecule has 0 saturated heterocycles. The van der Waals surface area contributed by atoms with Crippen LogP contribution in [0.1, 0.15) is 15.9 Å². The molecule has 0 unspecified atom stereocenters. The monoisotopic (exact) mass is 425 g/mol. The van der Waals surface area contributed by atoms with Gasteiger partial charge in [0.2, 0.25) is 5.91 Å². The maximum Gasteiger partial charge on any atom is 0.422 e. The van der Waals surface area contributed by atoms with Crippen molar-refractivity contribution in [1.29, 1.82) is 0 Å². The summed E-state index contributed by atoms with van der Waals surface area (Å²) in [5.41, 5.74) is -0.222. The van der Waals surface area contributed by atoms with Crippen LogP contribution in [0.2, 0.25) is 0 Å². The van der Waals surface area contributed by atoms with Crippen molar-refractivity contribution < 1.29 is 32.4 Å². The normalized spacial score (nSPS) is 10.9. The number of nitro benzene ring substituents is 1. The SMILES string of the molecule is O=C(Cc1ccccc1)NCCNC(=O)c1cc(OCC(F)(F)F)ccc1[N+](=O)[O-]. The lowest BCUT2D eigenvalue weighted by atomic mass is 10.1. The van der Waals surface area contributed by atoms with Crippen LogP contribution in [0.3, 0.4) is 0 Å². The highest BCUT2D eigenvalue weighted by Gasteiger charge is 2.29. The number of rotatable bonds is 9. The van der Waals surface area contributed by atoms with Gasteiger partial charge in [-0.3, -0.25) is 19.7 Å². The van der Waals surface area contributed by atoms with Crippen LogP contribution >= 0.6 is 0 Å². The van der Waals surface area contributed by atoms with Crippen LogP contribution in [-0.4, -0.2) is 42.6 Å². The molecule has 0 aromatic heterocycles. The van der Waals surface area contributed by atoms with Crippen LogP contribution in [0.15, 0.2) is 48.5 Å². The van der Waals surface area contributed by atoms with E-state index in [1.807, 2.05) is 6.07 Å². The molecule has 0 radical (unpaired) electrons. The van der Waals surface area contributed by atoms with Gasteiger partial charge in [0.05, 0.1) is 11.3 Å². The highest BCUT2D eigenvalue weighted by Crippen LogP contribution is 2.25. The molecule has 2 aromatic carbocycles. The number of amides is 2. The zero-order valence-electron chi connectivity index (χ0n) is 15.6. The maximum absolute atomic E-state index is 12.3. The van der Waals surface area contributed by atoms with Crippen molar-refractivity contribution in [1.82, 2.24) is 10.6 Å². The topological polar surface area (TPSA) is 111 Å². The molecule has 160 valence electrons. The van der Waals surface area contributed by atoms with Gasteiger partial charge in [-0.1, -0.05) is 30.3 Å². The second-order valence-electron chi connectivity index (χ2n) is 6.11. The van der Waals surface area contributed by atoms with Crippen molar-refractivity contribution >= 4 is 17.5 Å². The number of carbonyl (C=O) groups excluding carboxylic acids is 2. The Morgan fingerprint density at radius 2 is 1.70 bits per heavy atom. The Morgan fingerprint density at radius 1 is 1.03 bits per heavy atom. The average Bonchev–Trinajstić information content (AvgIpc) is 2.69. The molecule has 2 amide bonds. The molecule has 0 saturated carbocycles. The van der Waals surface area contributed by atoms with E-state index in [1.165, 1.54) is 0 Å². The number of benzene rings is 2. The Labute approximate surface area is 169 Å². The minimum absolute atomic E-state index is 0.0375. The first-order valence-corrected chi connectivity index (χ1v) is 8.72. The van der Waals surface area contributed by atoms with Crippen LogP contribution in [0.4, 0.5) is 18.9 Å². The van der Waals surface area contributed by atoms with Gasteiger partial charge in [0.15, 0.2) is 6.61 Å². The van der Waals surface area contributed by atoms with Gasteiger partial charge in [-0.25, -0.2) is 0 Å².